The van der Waals surface area contributed by atoms with Crippen LogP contribution < -0.4 is 10.6 Å². The molecule has 0 aromatic heterocycles. The van der Waals surface area contributed by atoms with Gasteiger partial charge in [0.2, 0.25) is 0 Å². The largest absolute Gasteiger partial charge is 0.393 e. The van der Waals surface area contributed by atoms with Crippen LogP contribution in [0.1, 0.15) is 13.3 Å². The molecule has 1 atom stereocenters. The monoisotopic (exact) mass is 281 g/mol. The lowest BCUT2D eigenvalue weighted by atomic mass is 10.1. The quantitative estimate of drug-likeness (QED) is 0.856. The Kier molecular flexibility index (Phi) is 4.71. The summed E-state index contributed by atoms with van der Waals surface area (Å²) in [7, 11) is 0. The zero-order chi connectivity index (χ0) is 13.8. The van der Waals surface area contributed by atoms with Crippen LogP contribution >= 0.6 is 12.2 Å². The van der Waals surface area contributed by atoms with Gasteiger partial charge in [0.15, 0.2) is 0 Å². The second kappa shape index (κ2) is 6.30. The smallest absolute Gasteiger partial charge is 0.123 e. The number of nitrogens with zero attached hydrogens (tertiary/aromatic N) is 2. The first-order chi connectivity index (χ1) is 9.06. The van der Waals surface area contributed by atoms with Crippen LogP contribution in [0.15, 0.2) is 24.3 Å². The second-order valence-corrected chi connectivity index (χ2v) is 5.54. The standard InChI is InChI=1S/C14H20FN3S/c1-11(10-14(16)19)17-6-8-18(9-7-17)13-4-2-12(15)3-5-13/h2-5,11H,6-10H2,1H3,(H2,16,19). The molecule has 1 fully saturated rings. The maximum Gasteiger partial charge on any atom is 0.123 e. The molecule has 3 nitrogen and oxygen atoms in total. The van der Waals surface area contributed by atoms with Gasteiger partial charge in [-0.2, -0.15) is 0 Å². The molecule has 19 heavy (non-hydrogen) atoms. The highest BCUT2D eigenvalue weighted by Gasteiger charge is 2.21. The maximum atomic E-state index is 12.9. The highest BCUT2D eigenvalue weighted by atomic mass is 32.1. The Balaban J connectivity index is 1.88. The summed E-state index contributed by atoms with van der Waals surface area (Å²) in [5.41, 5.74) is 6.68. The van der Waals surface area contributed by atoms with Crippen molar-refractivity contribution in [3.8, 4) is 0 Å². The van der Waals surface area contributed by atoms with Crippen molar-refractivity contribution in [2.75, 3.05) is 31.1 Å². The topological polar surface area (TPSA) is 32.5 Å². The fourth-order valence-corrected chi connectivity index (χ4v) is 2.73. The summed E-state index contributed by atoms with van der Waals surface area (Å²) in [6.07, 6.45) is 0.770. The van der Waals surface area contributed by atoms with Gasteiger partial charge in [-0.1, -0.05) is 12.2 Å². The minimum Gasteiger partial charge on any atom is -0.393 e. The molecule has 104 valence electrons. The van der Waals surface area contributed by atoms with Crippen molar-refractivity contribution in [2.45, 2.75) is 19.4 Å². The number of thiocarbonyl (C=S) groups is 1. The number of anilines is 1. The normalized spacial score (nSPS) is 18.3. The lowest BCUT2D eigenvalue weighted by Crippen LogP contribution is -2.50. The molecular weight excluding hydrogens is 261 g/mol. The molecule has 1 unspecified atom stereocenters. The molecule has 2 rings (SSSR count). The van der Waals surface area contributed by atoms with Gasteiger partial charge in [0.05, 0.1) is 4.99 Å². The summed E-state index contributed by atoms with van der Waals surface area (Å²) in [6, 6.07) is 7.09. The molecule has 1 aliphatic rings. The number of benzene rings is 1. The highest BCUT2D eigenvalue weighted by molar-refractivity contribution is 7.80. The Morgan fingerprint density at radius 3 is 2.37 bits per heavy atom. The molecule has 1 heterocycles. The second-order valence-electron chi connectivity index (χ2n) is 5.02. The third kappa shape index (κ3) is 3.88. The van der Waals surface area contributed by atoms with Gasteiger partial charge in [0.1, 0.15) is 5.82 Å². The molecule has 1 saturated heterocycles. The number of nitrogens with two attached hydrogens (primary N) is 1. The Morgan fingerprint density at radius 2 is 1.84 bits per heavy atom. The van der Waals surface area contributed by atoms with Crippen LogP contribution in [-0.4, -0.2) is 42.1 Å². The molecular formula is C14H20FN3S. The summed E-state index contributed by atoms with van der Waals surface area (Å²) in [6.45, 7) is 6.04. The van der Waals surface area contributed by atoms with Crippen molar-refractivity contribution in [1.29, 1.82) is 0 Å². The Hall–Kier alpha value is -1.20. The van der Waals surface area contributed by atoms with Crippen molar-refractivity contribution in [2.24, 2.45) is 5.73 Å². The van der Waals surface area contributed by atoms with Crippen LogP contribution in [-0.2, 0) is 0 Å². The van der Waals surface area contributed by atoms with E-state index in [2.05, 4.69) is 16.7 Å². The van der Waals surface area contributed by atoms with Crippen LogP contribution in [0.25, 0.3) is 0 Å². The van der Waals surface area contributed by atoms with Crippen LogP contribution in [0.5, 0.6) is 0 Å². The zero-order valence-corrected chi connectivity index (χ0v) is 12.0. The molecule has 0 saturated carbocycles. The number of hydrogen-bond donors (Lipinski definition) is 1. The molecule has 2 N–H and O–H groups in total. The van der Waals surface area contributed by atoms with Crippen molar-refractivity contribution < 1.29 is 4.39 Å². The van der Waals surface area contributed by atoms with E-state index in [4.69, 9.17) is 18.0 Å². The molecule has 0 aliphatic carbocycles. The van der Waals surface area contributed by atoms with Gasteiger partial charge in [0, 0.05) is 44.3 Å². The van der Waals surface area contributed by atoms with Crippen molar-refractivity contribution in [1.82, 2.24) is 4.90 Å². The number of rotatable bonds is 4. The number of hydrogen-bond acceptors (Lipinski definition) is 3. The van der Waals surface area contributed by atoms with E-state index in [-0.39, 0.29) is 5.82 Å². The summed E-state index contributed by atoms with van der Waals surface area (Å²) < 4.78 is 12.9. The average Bonchev–Trinajstić information content (AvgIpc) is 2.39. The predicted octanol–water partition coefficient (Wildman–Crippen LogP) is 2.01. The first-order valence-corrected chi connectivity index (χ1v) is 7.00. The Labute approximate surface area is 119 Å². The van der Waals surface area contributed by atoms with Crippen LogP contribution in [0, 0.1) is 5.82 Å². The lowest BCUT2D eigenvalue weighted by molar-refractivity contribution is 0.201. The van der Waals surface area contributed by atoms with E-state index in [1.807, 2.05) is 12.1 Å². The van der Waals surface area contributed by atoms with E-state index >= 15 is 0 Å². The fourth-order valence-electron chi connectivity index (χ4n) is 2.49. The van der Waals surface area contributed by atoms with Crippen LogP contribution in [0.4, 0.5) is 10.1 Å². The minimum absolute atomic E-state index is 0.188. The zero-order valence-electron chi connectivity index (χ0n) is 11.2. The first-order valence-electron chi connectivity index (χ1n) is 6.59. The summed E-state index contributed by atoms with van der Waals surface area (Å²) >= 11 is 4.96. The third-order valence-corrected chi connectivity index (χ3v) is 3.79. The lowest BCUT2D eigenvalue weighted by Gasteiger charge is -2.39. The maximum absolute atomic E-state index is 12.9. The Morgan fingerprint density at radius 1 is 1.26 bits per heavy atom. The van der Waals surface area contributed by atoms with E-state index < -0.39 is 0 Å². The van der Waals surface area contributed by atoms with E-state index in [1.54, 1.807) is 0 Å². The van der Waals surface area contributed by atoms with Gasteiger partial charge < -0.3 is 10.6 Å². The van der Waals surface area contributed by atoms with Gasteiger partial charge in [-0.05, 0) is 31.2 Å². The van der Waals surface area contributed by atoms with Crippen LogP contribution in [0.3, 0.4) is 0 Å². The van der Waals surface area contributed by atoms with E-state index in [9.17, 15) is 4.39 Å². The molecule has 0 amide bonds. The van der Waals surface area contributed by atoms with Gasteiger partial charge in [-0.3, -0.25) is 4.90 Å². The van der Waals surface area contributed by atoms with Gasteiger partial charge in [-0.15, -0.1) is 0 Å². The number of piperazine rings is 1. The van der Waals surface area contributed by atoms with Gasteiger partial charge in [0.25, 0.3) is 0 Å². The molecule has 0 radical (unpaired) electrons. The summed E-state index contributed by atoms with van der Waals surface area (Å²) in [4.78, 5) is 5.26. The van der Waals surface area contributed by atoms with E-state index in [0.717, 1.165) is 38.3 Å². The first kappa shape index (κ1) is 14.2. The third-order valence-electron chi connectivity index (χ3n) is 3.63. The molecule has 0 spiro atoms. The van der Waals surface area contributed by atoms with Crippen LogP contribution in [0.2, 0.25) is 0 Å². The van der Waals surface area contributed by atoms with Crippen molar-refractivity contribution >= 4 is 22.9 Å². The molecule has 0 bridgehead atoms. The summed E-state index contributed by atoms with van der Waals surface area (Å²) in [5.74, 6) is -0.188. The van der Waals surface area contributed by atoms with Crippen molar-refractivity contribution in [3.63, 3.8) is 0 Å². The van der Waals surface area contributed by atoms with Crippen molar-refractivity contribution in [3.05, 3.63) is 30.1 Å². The van der Waals surface area contributed by atoms with Gasteiger partial charge >= 0.3 is 0 Å². The van der Waals surface area contributed by atoms with E-state index in [0.29, 0.717) is 11.0 Å². The minimum atomic E-state index is -0.188. The summed E-state index contributed by atoms with van der Waals surface area (Å²) in [5, 5.41) is 0. The predicted molar refractivity (Wildman–Crippen MR) is 81.1 cm³/mol. The SMILES string of the molecule is CC(CC(N)=S)N1CCN(c2ccc(F)cc2)CC1. The highest BCUT2D eigenvalue weighted by Crippen LogP contribution is 2.18. The molecule has 5 heteroatoms. The van der Waals surface area contributed by atoms with Gasteiger partial charge in [-0.25, -0.2) is 4.39 Å². The fraction of sp³-hybridized carbons (Fsp3) is 0.500. The van der Waals surface area contributed by atoms with E-state index in [1.165, 1.54) is 12.1 Å². The molecule has 1 aliphatic heterocycles. The molecule has 1 aromatic rings. The Bertz CT molecular complexity index is 427. The number of halogens is 1. The molecule has 1 aromatic carbocycles. The average molecular weight is 281 g/mol.